The second-order valence-corrected chi connectivity index (χ2v) is 3.67. The number of nitrogens with one attached hydrogen (secondary N) is 1. The van der Waals surface area contributed by atoms with Crippen LogP contribution in [-0.2, 0) is 6.42 Å². The Hall–Kier alpha value is -1.37. The van der Waals surface area contributed by atoms with E-state index in [2.05, 4.69) is 48.6 Å². The molecule has 2 rings (SSSR count). The lowest BCUT2D eigenvalue weighted by Gasteiger charge is -2.00. The van der Waals surface area contributed by atoms with Gasteiger partial charge in [-0.1, -0.05) is 31.5 Å². The Morgan fingerprint density at radius 2 is 2.00 bits per heavy atom. The highest BCUT2D eigenvalue weighted by atomic mass is 14.6. The van der Waals surface area contributed by atoms with E-state index in [0.29, 0.717) is 0 Å². The van der Waals surface area contributed by atoms with Crippen LogP contribution in [0.2, 0.25) is 0 Å². The maximum atomic E-state index is 3.21. The van der Waals surface area contributed by atoms with Crippen LogP contribution in [0.1, 0.15) is 25.3 Å². The number of hydrogen-bond donors (Lipinski definition) is 0. The van der Waals surface area contributed by atoms with Gasteiger partial charge in [-0.05, 0) is 24.3 Å². The monoisotopic (exact) mass is 186 g/mol. The fourth-order valence-electron chi connectivity index (χ4n) is 1.80. The van der Waals surface area contributed by atoms with Crippen molar-refractivity contribution >= 4 is 10.8 Å². The Balaban J connectivity index is 2.43. The molecule has 14 heavy (non-hydrogen) atoms. The molecular formula is C13H16N+. The third-order valence-electron chi connectivity index (χ3n) is 2.60. The molecule has 0 aliphatic rings. The van der Waals surface area contributed by atoms with Crippen LogP contribution in [0, 0.1) is 0 Å². The Labute approximate surface area is 84.8 Å². The molecule has 1 aromatic heterocycles. The summed E-state index contributed by atoms with van der Waals surface area (Å²) in [5.41, 5.74) is 1.44. The first-order valence-corrected chi connectivity index (χ1v) is 5.29. The molecule has 1 aromatic carbocycles. The van der Waals surface area contributed by atoms with E-state index in [4.69, 9.17) is 0 Å². The van der Waals surface area contributed by atoms with Gasteiger partial charge in [0.15, 0.2) is 12.4 Å². The zero-order valence-corrected chi connectivity index (χ0v) is 8.59. The largest absolute Gasteiger partial charge is 0.217 e. The normalized spacial score (nSPS) is 10.6. The molecule has 72 valence electrons. The Bertz CT molecular complexity index is 415. The number of rotatable bonds is 3. The average molecular weight is 186 g/mol. The maximum absolute atomic E-state index is 3.21. The summed E-state index contributed by atoms with van der Waals surface area (Å²) in [6, 6.07) is 8.55. The number of H-pyrrole nitrogens is 1. The highest BCUT2D eigenvalue weighted by molar-refractivity contribution is 5.83. The van der Waals surface area contributed by atoms with Gasteiger partial charge in [0.2, 0.25) is 0 Å². The summed E-state index contributed by atoms with van der Waals surface area (Å²) in [5, 5.41) is 2.70. The van der Waals surface area contributed by atoms with Gasteiger partial charge in [-0.25, -0.2) is 4.98 Å². The lowest BCUT2D eigenvalue weighted by Crippen LogP contribution is -2.02. The molecule has 0 spiro atoms. The molecule has 0 aliphatic heterocycles. The summed E-state index contributed by atoms with van der Waals surface area (Å²) >= 11 is 0. The van der Waals surface area contributed by atoms with Gasteiger partial charge in [-0.2, -0.15) is 0 Å². The number of aromatic nitrogens is 1. The van der Waals surface area contributed by atoms with Gasteiger partial charge in [-0.15, -0.1) is 0 Å². The van der Waals surface area contributed by atoms with Gasteiger partial charge in [0.05, 0.1) is 0 Å². The van der Waals surface area contributed by atoms with E-state index in [-0.39, 0.29) is 0 Å². The van der Waals surface area contributed by atoms with Crippen molar-refractivity contribution in [3.05, 3.63) is 42.2 Å². The van der Waals surface area contributed by atoms with E-state index in [0.717, 1.165) is 0 Å². The molecule has 0 fully saturated rings. The van der Waals surface area contributed by atoms with Gasteiger partial charge in [-0.3, -0.25) is 0 Å². The van der Waals surface area contributed by atoms with Crippen LogP contribution in [0.25, 0.3) is 10.8 Å². The van der Waals surface area contributed by atoms with Crippen LogP contribution >= 0.6 is 0 Å². The van der Waals surface area contributed by atoms with Crippen molar-refractivity contribution in [1.29, 1.82) is 0 Å². The minimum Gasteiger partial charge on any atom is -0.217 e. The van der Waals surface area contributed by atoms with Crippen LogP contribution < -0.4 is 4.98 Å². The number of unbranched alkanes of at least 4 members (excludes halogenated alkanes) is 1. The number of aryl methyl sites for hydroxylation is 1. The van der Waals surface area contributed by atoms with E-state index >= 15 is 0 Å². The van der Waals surface area contributed by atoms with Gasteiger partial charge >= 0.3 is 0 Å². The molecule has 1 heterocycles. The lowest BCUT2D eigenvalue weighted by atomic mass is 10.0. The van der Waals surface area contributed by atoms with Gasteiger partial charge in [0.25, 0.3) is 0 Å². The number of pyridine rings is 1. The summed E-state index contributed by atoms with van der Waals surface area (Å²) in [6.45, 7) is 2.23. The minimum absolute atomic E-state index is 1.17. The van der Waals surface area contributed by atoms with Crippen LogP contribution in [0.3, 0.4) is 0 Å². The van der Waals surface area contributed by atoms with Crippen LogP contribution in [0.4, 0.5) is 0 Å². The first kappa shape index (κ1) is 9.20. The van der Waals surface area contributed by atoms with Crippen molar-refractivity contribution in [2.75, 3.05) is 0 Å². The Morgan fingerprint density at radius 1 is 1.14 bits per heavy atom. The summed E-state index contributed by atoms with van der Waals surface area (Å²) in [6.07, 6.45) is 7.88. The van der Waals surface area contributed by atoms with Crippen LogP contribution in [0.5, 0.6) is 0 Å². The molecule has 0 aliphatic carbocycles. The fraction of sp³-hybridized carbons (Fsp3) is 0.308. The summed E-state index contributed by atoms with van der Waals surface area (Å²) in [4.78, 5) is 3.21. The van der Waals surface area contributed by atoms with E-state index in [1.807, 2.05) is 0 Å². The first-order valence-electron chi connectivity index (χ1n) is 5.29. The zero-order valence-electron chi connectivity index (χ0n) is 8.59. The predicted octanol–water partition coefficient (Wildman–Crippen LogP) is 3.00. The van der Waals surface area contributed by atoms with Crippen molar-refractivity contribution < 1.29 is 4.98 Å². The second-order valence-electron chi connectivity index (χ2n) is 3.67. The molecule has 1 heteroatoms. The molecule has 0 amide bonds. The van der Waals surface area contributed by atoms with Gasteiger partial charge in [0.1, 0.15) is 0 Å². The van der Waals surface area contributed by atoms with E-state index in [9.17, 15) is 0 Å². The van der Waals surface area contributed by atoms with Crippen molar-refractivity contribution in [2.24, 2.45) is 0 Å². The van der Waals surface area contributed by atoms with Crippen molar-refractivity contribution in [3.8, 4) is 0 Å². The topological polar surface area (TPSA) is 14.1 Å². The average Bonchev–Trinajstić information content (AvgIpc) is 2.26. The molecule has 1 N–H and O–H groups in total. The number of hydrogen-bond acceptors (Lipinski definition) is 0. The predicted molar refractivity (Wildman–Crippen MR) is 59.1 cm³/mol. The standard InChI is InChI=1S/C13H15N/c1-2-3-6-11-9-14-10-12-7-4-5-8-13(11)12/h4-5,7-10H,2-3,6H2,1H3/p+1. The molecular weight excluding hydrogens is 170 g/mol. The molecule has 1 nitrogen and oxygen atoms in total. The Morgan fingerprint density at radius 3 is 2.86 bits per heavy atom. The molecule has 0 bridgehead atoms. The lowest BCUT2D eigenvalue weighted by molar-refractivity contribution is -0.376. The zero-order chi connectivity index (χ0) is 9.80. The smallest absolute Gasteiger partial charge is 0.174 e. The highest BCUT2D eigenvalue weighted by Gasteiger charge is 2.03. The van der Waals surface area contributed by atoms with Crippen molar-refractivity contribution in [1.82, 2.24) is 0 Å². The highest BCUT2D eigenvalue weighted by Crippen LogP contribution is 2.17. The number of aromatic amines is 1. The summed E-state index contributed by atoms with van der Waals surface area (Å²) in [7, 11) is 0. The van der Waals surface area contributed by atoms with Gasteiger partial charge in [0, 0.05) is 10.9 Å². The van der Waals surface area contributed by atoms with E-state index in [1.54, 1.807) is 0 Å². The number of benzene rings is 1. The molecule has 2 aromatic rings. The molecule has 0 saturated heterocycles. The van der Waals surface area contributed by atoms with Crippen molar-refractivity contribution in [3.63, 3.8) is 0 Å². The second kappa shape index (κ2) is 4.23. The van der Waals surface area contributed by atoms with E-state index < -0.39 is 0 Å². The quantitative estimate of drug-likeness (QED) is 0.699. The minimum atomic E-state index is 1.17. The third-order valence-corrected chi connectivity index (χ3v) is 2.60. The SMILES string of the molecule is CCCCc1c[nH+]cc2ccccc12. The van der Waals surface area contributed by atoms with Crippen LogP contribution in [-0.4, -0.2) is 0 Å². The third kappa shape index (κ3) is 1.77. The fourth-order valence-corrected chi connectivity index (χ4v) is 1.80. The number of fused-ring (bicyclic) bond motifs is 1. The van der Waals surface area contributed by atoms with E-state index in [1.165, 1.54) is 35.6 Å². The van der Waals surface area contributed by atoms with Crippen molar-refractivity contribution in [2.45, 2.75) is 26.2 Å². The van der Waals surface area contributed by atoms with Gasteiger partial charge < -0.3 is 0 Å². The van der Waals surface area contributed by atoms with Crippen LogP contribution in [0.15, 0.2) is 36.7 Å². The first-order chi connectivity index (χ1) is 6.92. The summed E-state index contributed by atoms with van der Waals surface area (Å²) < 4.78 is 0. The molecule has 0 atom stereocenters. The maximum Gasteiger partial charge on any atom is 0.174 e. The Kier molecular flexibility index (Phi) is 2.78. The molecule has 0 unspecified atom stereocenters. The molecule has 0 radical (unpaired) electrons. The summed E-state index contributed by atoms with van der Waals surface area (Å²) in [5.74, 6) is 0. The molecule has 0 saturated carbocycles.